The lowest BCUT2D eigenvalue weighted by Gasteiger charge is -2.24. The minimum absolute atomic E-state index is 0.0150. The number of hydrogen-bond donors (Lipinski definition) is 1. The fourth-order valence-corrected chi connectivity index (χ4v) is 3.10. The number of aliphatic carboxylic acids is 1. The van der Waals surface area contributed by atoms with Crippen molar-refractivity contribution in [1.82, 2.24) is 14.8 Å². The summed E-state index contributed by atoms with van der Waals surface area (Å²) in [6.45, 7) is 1.50. The van der Waals surface area contributed by atoms with Gasteiger partial charge in [-0.25, -0.2) is 0 Å². The number of carboxylic acids is 1. The van der Waals surface area contributed by atoms with Gasteiger partial charge in [0.25, 0.3) is 0 Å². The van der Waals surface area contributed by atoms with E-state index in [0.717, 1.165) is 31.8 Å². The third-order valence-corrected chi connectivity index (χ3v) is 4.58. The normalized spacial score (nSPS) is 22.1. The highest BCUT2D eigenvalue weighted by Gasteiger charge is 2.33. The summed E-state index contributed by atoms with van der Waals surface area (Å²) in [6.07, 6.45) is 3.22. The molecule has 1 aromatic heterocycles. The number of carbonyl (C=O) groups is 1. The van der Waals surface area contributed by atoms with Crippen molar-refractivity contribution < 1.29 is 14.6 Å². The Morgan fingerprint density at radius 1 is 1.50 bits per heavy atom. The highest BCUT2D eigenvalue weighted by atomic mass is 32.2. The molecule has 0 amide bonds. The first-order valence-corrected chi connectivity index (χ1v) is 7.75. The first-order chi connectivity index (χ1) is 9.66. The molecule has 7 nitrogen and oxygen atoms in total. The summed E-state index contributed by atoms with van der Waals surface area (Å²) in [5, 5.41) is 17.9. The molecular weight excluding hydrogens is 280 g/mol. The molecule has 2 fully saturated rings. The van der Waals surface area contributed by atoms with Gasteiger partial charge in [0.15, 0.2) is 5.16 Å². The number of thioether (sulfide) groups is 1. The molecule has 2 aliphatic rings. The fraction of sp³-hybridized carbons (Fsp3) is 0.750. The van der Waals surface area contributed by atoms with Crippen LogP contribution in [-0.4, -0.2) is 57.9 Å². The van der Waals surface area contributed by atoms with E-state index in [1.807, 2.05) is 7.05 Å². The van der Waals surface area contributed by atoms with Crippen molar-refractivity contribution in [2.45, 2.75) is 36.5 Å². The first-order valence-electron chi connectivity index (χ1n) is 6.77. The zero-order valence-electron chi connectivity index (χ0n) is 11.4. The van der Waals surface area contributed by atoms with Gasteiger partial charge in [-0.1, -0.05) is 11.8 Å². The zero-order valence-corrected chi connectivity index (χ0v) is 12.2. The molecule has 0 bridgehead atoms. The smallest absolute Gasteiger partial charge is 0.313 e. The largest absolute Gasteiger partial charge is 0.481 e. The number of carboxylic acid groups (broad SMARTS) is 1. The maximum absolute atomic E-state index is 10.7. The van der Waals surface area contributed by atoms with E-state index in [-0.39, 0.29) is 5.75 Å². The average Bonchev–Trinajstić information content (AvgIpc) is 2.96. The van der Waals surface area contributed by atoms with Crippen molar-refractivity contribution in [2.24, 2.45) is 0 Å². The molecule has 1 N–H and O–H groups in total. The van der Waals surface area contributed by atoms with Crippen LogP contribution >= 0.6 is 11.8 Å². The van der Waals surface area contributed by atoms with Crippen molar-refractivity contribution >= 4 is 23.7 Å². The predicted molar refractivity (Wildman–Crippen MR) is 74.3 cm³/mol. The Morgan fingerprint density at radius 2 is 2.30 bits per heavy atom. The second-order valence-corrected chi connectivity index (χ2v) is 6.14. The molecule has 1 atom stereocenters. The first kappa shape index (κ1) is 13.7. The van der Waals surface area contributed by atoms with Crippen LogP contribution < -0.4 is 4.90 Å². The van der Waals surface area contributed by atoms with Gasteiger partial charge < -0.3 is 14.7 Å². The number of ether oxygens (including phenoxy) is 1. The highest BCUT2D eigenvalue weighted by molar-refractivity contribution is 7.99. The molecule has 1 saturated carbocycles. The third-order valence-electron chi connectivity index (χ3n) is 3.65. The topological polar surface area (TPSA) is 80.5 Å². The summed E-state index contributed by atoms with van der Waals surface area (Å²) in [7, 11) is 2.01. The molecule has 1 saturated heterocycles. The summed E-state index contributed by atoms with van der Waals surface area (Å²) in [5.74, 6) is 0.0107. The fourth-order valence-electron chi connectivity index (χ4n) is 2.38. The molecule has 0 spiro atoms. The molecule has 1 aliphatic heterocycles. The van der Waals surface area contributed by atoms with E-state index in [0.29, 0.717) is 23.8 Å². The standard InChI is InChI=1S/C12H18N4O3S/c1-15(9-4-5-19-6-9)11-13-14-12(20-7-10(17)18)16(11)8-2-3-8/h8-9H,2-7H2,1H3,(H,17,18). The Labute approximate surface area is 121 Å². The summed E-state index contributed by atoms with van der Waals surface area (Å²) in [4.78, 5) is 12.8. The summed E-state index contributed by atoms with van der Waals surface area (Å²) in [6, 6.07) is 0.745. The van der Waals surface area contributed by atoms with E-state index in [2.05, 4.69) is 19.7 Å². The predicted octanol–water partition coefficient (Wildman–Crippen LogP) is 1.01. The van der Waals surface area contributed by atoms with Gasteiger partial charge in [-0.05, 0) is 19.3 Å². The van der Waals surface area contributed by atoms with Gasteiger partial charge >= 0.3 is 5.97 Å². The maximum atomic E-state index is 10.7. The molecule has 0 aromatic carbocycles. The van der Waals surface area contributed by atoms with Crippen LogP contribution in [0, 0.1) is 0 Å². The molecule has 2 heterocycles. The van der Waals surface area contributed by atoms with E-state index in [1.165, 1.54) is 11.8 Å². The molecule has 1 aliphatic carbocycles. The second-order valence-electron chi connectivity index (χ2n) is 5.19. The van der Waals surface area contributed by atoms with E-state index in [9.17, 15) is 4.79 Å². The number of nitrogens with zero attached hydrogens (tertiary/aromatic N) is 4. The maximum Gasteiger partial charge on any atom is 0.313 e. The minimum Gasteiger partial charge on any atom is -0.481 e. The minimum atomic E-state index is -0.834. The van der Waals surface area contributed by atoms with E-state index >= 15 is 0 Å². The van der Waals surface area contributed by atoms with Gasteiger partial charge in [0, 0.05) is 19.7 Å². The van der Waals surface area contributed by atoms with E-state index < -0.39 is 5.97 Å². The van der Waals surface area contributed by atoms with Crippen LogP contribution in [0.1, 0.15) is 25.3 Å². The summed E-state index contributed by atoms with van der Waals surface area (Å²) >= 11 is 1.24. The lowest BCUT2D eigenvalue weighted by molar-refractivity contribution is -0.133. The van der Waals surface area contributed by atoms with Crippen LogP contribution in [0.2, 0.25) is 0 Å². The second kappa shape index (κ2) is 5.61. The van der Waals surface area contributed by atoms with Crippen LogP contribution in [0.15, 0.2) is 5.16 Å². The molecule has 1 aromatic rings. The molecule has 110 valence electrons. The quantitative estimate of drug-likeness (QED) is 0.785. The van der Waals surface area contributed by atoms with Crippen LogP contribution in [0.25, 0.3) is 0 Å². The Bertz CT molecular complexity index is 497. The molecular formula is C12H18N4O3S. The lowest BCUT2D eigenvalue weighted by atomic mass is 10.2. The van der Waals surface area contributed by atoms with Crippen molar-refractivity contribution in [3.63, 3.8) is 0 Å². The van der Waals surface area contributed by atoms with Crippen molar-refractivity contribution in [3.8, 4) is 0 Å². The number of anilines is 1. The Balaban J connectivity index is 1.81. The molecule has 8 heteroatoms. The molecule has 0 radical (unpaired) electrons. The van der Waals surface area contributed by atoms with Crippen LogP contribution in [-0.2, 0) is 9.53 Å². The van der Waals surface area contributed by atoms with Crippen molar-refractivity contribution in [2.75, 3.05) is 30.9 Å². The van der Waals surface area contributed by atoms with Gasteiger partial charge in [0.2, 0.25) is 5.95 Å². The SMILES string of the molecule is CN(c1nnc(SCC(=O)O)n1C1CC1)C1CCOC1. The average molecular weight is 298 g/mol. The van der Waals surface area contributed by atoms with Crippen LogP contribution in [0.3, 0.4) is 0 Å². The van der Waals surface area contributed by atoms with Gasteiger partial charge in [-0.3, -0.25) is 9.36 Å². The number of aromatic nitrogens is 3. The molecule has 20 heavy (non-hydrogen) atoms. The molecule has 3 rings (SSSR count). The van der Waals surface area contributed by atoms with E-state index in [4.69, 9.17) is 9.84 Å². The Hall–Kier alpha value is -1.28. The number of rotatable bonds is 6. The number of hydrogen-bond acceptors (Lipinski definition) is 6. The van der Waals surface area contributed by atoms with Gasteiger partial charge in [0.05, 0.1) is 18.4 Å². The van der Waals surface area contributed by atoms with E-state index in [1.54, 1.807) is 0 Å². The van der Waals surface area contributed by atoms with Gasteiger partial charge in [-0.15, -0.1) is 10.2 Å². The Kier molecular flexibility index (Phi) is 3.84. The van der Waals surface area contributed by atoms with Gasteiger partial charge in [-0.2, -0.15) is 0 Å². The zero-order chi connectivity index (χ0) is 14.1. The van der Waals surface area contributed by atoms with Crippen LogP contribution in [0.5, 0.6) is 0 Å². The van der Waals surface area contributed by atoms with Crippen LogP contribution in [0.4, 0.5) is 5.95 Å². The summed E-state index contributed by atoms with van der Waals surface area (Å²) in [5.41, 5.74) is 0. The lowest BCUT2D eigenvalue weighted by Crippen LogP contribution is -2.34. The van der Waals surface area contributed by atoms with Gasteiger partial charge in [0.1, 0.15) is 0 Å². The molecule has 1 unspecified atom stereocenters. The Morgan fingerprint density at radius 3 is 2.90 bits per heavy atom. The third kappa shape index (κ3) is 2.76. The van der Waals surface area contributed by atoms with Crippen molar-refractivity contribution in [1.29, 1.82) is 0 Å². The monoisotopic (exact) mass is 298 g/mol. The highest BCUT2D eigenvalue weighted by Crippen LogP contribution is 2.41. The summed E-state index contributed by atoms with van der Waals surface area (Å²) < 4.78 is 7.51. The van der Waals surface area contributed by atoms with Crippen molar-refractivity contribution in [3.05, 3.63) is 0 Å². The number of likely N-dealkylation sites (N-methyl/N-ethyl adjacent to an activating group) is 1.